The Balaban J connectivity index is 1.76. The van der Waals surface area contributed by atoms with E-state index in [1.807, 2.05) is 48.0 Å². The lowest BCUT2D eigenvalue weighted by Gasteiger charge is -2.32. The van der Waals surface area contributed by atoms with Gasteiger partial charge in [-0.2, -0.15) is 0 Å². The molecule has 1 atom stereocenters. The van der Waals surface area contributed by atoms with E-state index in [2.05, 4.69) is 53.1 Å². The molecule has 1 unspecified atom stereocenters. The molecule has 0 saturated carbocycles. The lowest BCUT2D eigenvalue weighted by Crippen LogP contribution is -2.35. The van der Waals surface area contributed by atoms with Gasteiger partial charge in [-0.05, 0) is 80.9 Å². The first kappa shape index (κ1) is 24.7. The first-order chi connectivity index (χ1) is 16.8. The zero-order valence-electron chi connectivity index (χ0n) is 21.1. The smallest absolute Gasteiger partial charge is 0.252 e. The van der Waals surface area contributed by atoms with E-state index in [-0.39, 0.29) is 17.1 Å². The monoisotopic (exact) mass is 478 g/mol. The standard InChI is InChI=1S/C26H34N6O3/c1-6-9-23(24-28-29-30-32(24)26(3,4)5)31(17-21-10-8-13-35-21)16-19-14-18-15-20(34-7-2)11-12-22(18)27-25(19)33/h8,10-15,23H,6-7,9,16-17H2,1-5H3,(H,27,33). The molecule has 0 spiro atoms. The summed E-state index contributed by atoms with van der Waals surface area (Å²) in [6.45, 7) is 11.8. The molecule has 9 nitrogen and oxygen atoms in total. The first-order valence-electron chi connectivity index (χ1n) is 12.1. The van der Waals surface area contributed by atoms with Gasteiger partial charge in [0.05, 0.1) is 31.0 Å². The Morgan fingerprint density at radius 2 is 2.00 bits per heavy atom. The number of aromatic nitrogens is 5. The van der Waals surface area contributed by atoms with Crippen LogP contribution in [0.1, 0.15) is 70.7 Å². The zero-order chi connectivity index (χ0) is 25.0. The number of furan rings is 1. The van der Waals surface area contributed by atoms with Crippen LogP contribution in [0.2, 0.25) is 0 Å². The van der Waals surface area contributed by atoms with Gasteiger partial charge in [-0.25, -0.2) is 4.68 Å². The highest BCUT2D eigenvalue weighted by molar-refractivity contribution is 5.80. The van der Waals surface area contributed by atoms with Crippen LogP contribution in [-0.2, 0) is 18.6 Å². The van der Waals surface area contributed by atoms with E-state index in [4.69, 9.17) is 9.15 Å². The third kappa shape index (κ3) is 5.62. The van der Waals surface area contributed by atoms with Crippen LogP contribution >= 0.6 is 0 Å². The molecule has 0 amide bonds. The summed E-state index contributed by atoms with van der Waals surface area (Å²) in [5.74, 6) is 2.37. The molecule has 0 saturated heterocycles. The molecule has 4 aromatic rings. The summed E-state index contributed by atoms with van der Waals surface area (Å²) in [7, 11) is 0. The van der Waals surface area contributed by atoms with Crippen LogP contribution in [0.4, 0.5) is 0 Å². The summed E-state index contributed by atoms with van der Waals surface area (Å²) in [5.41, 5.74) is 1.05. The Labute approximate surface area is 205 Å². The number of ether oxygens (including phenoxy) is 1. The van der Waals surface area contributed by atoms with Gasteiger partial charge in [0.15, 0.2) is 5.82 Å². The van der Waals surface area contributed by atoms with Crippen LogP contribution in [-0.4, -0.2) is 36.7 Å². The summed E-state index contributed by atoms with van der Waals surface area (Å²) >= 11 is 0. The molecule has 0 bridgehead atoms. The van der Waals surface area contributed by atoms with Gasteiger partial charge in [0.25, 0.3) is 5.56 Å². The van der Waals surface area contributed by atoms with Crippen LogP contribution < -0.4 is 10.3 Å². The number of benzene rings is 1. The molecule has 186 valence electrons. The topological polar surface area (TPSA) is 102 Å². The maximum Gasteiger partial charge on any atom is 0.252 e. The minimum Gasteiger partial charge on any atom is -0.494 e. The summed E-state index contributed by atoms with van der Waals surface area (Å²) in [6, 6.07) is 11.4. The van der Waals surface area contributed by atoms with Gasteiger partial charge in [0.2, 0.25) is 0 Å². The molecule has 4 rings (SSSR count). The predicted octanol–water partition coefficient (Wildman–Crippen LogP) is 4.80. The van der Waals surface area contributed by atoms with E-state index in [1.165, 1.54) is 0 Å². The number of nitrogens with one attached hydrogen (secondary N) is 1. The van der Waals surface area contributed by atoms with Crippen molar-refractivity contribution in [3.8, 4) is 5.75 Å². The van der Waals surface area contributed by atoms with Gasteiger partial charge in [-0.3, -0.25) is 9.69 Å². The van der Waals surface area contributed by atoms with Crippen molar-refractivity contribution in [2.75, 3.05) is 6.61 Å². The van der Waals surface area contributed by atoms with Gasteiger partial charge in [-0.1, -0.05) is 13.3 Å². The molecule has 3 aromatic heterocycles. The second-order valence-corrected chi connectivity index (χ2v) is 9.71. The van der Waals surface area contributed by atoms with Crippen molar-refractivity contribution in [3.63, 3.8) is 0 Å². The van der Waals surface area contributed by atoms with Crippen molar-refractivity contribution in [2.45, 2.75) is 72.1 Å². The van der Waals surface area contributed by atoms with Crippen molar-refractivity contribution in [3.05, 3.63) is 70.2 Å². The van der Waals surface area contributed by atoms with Gasteiger partial charge in [0, 0.05) is 23.0 Å². The molecule has 35 heavy (non-hydrogen) atoms. The van der Waals surface area contributed by atoms with E-state index < -0.39 is 0 Å². The average Bonchev–Trinajstić information content (AvgIpc) is 3.50. The normalized spacial score (nSPS) is 13.0. The van der Waals surface area contributed by atoms with Gasteiger partial charge < -0.3 is 14.1 Å². The maximum absolute atomic E-state index is 13.1. The number of aromatic amines is 1. The third-order valence-electron chi connectivity index (χ3n) is 5.95. The Kier molecular flexibility index (Phi) is 7.35. The van der Waals surface area contributed by atoms with Crippen molar-refractivity contribution in [1.29, 1.82) is 0 Å². The van der Waals surface area contributed by atoms with E-state index in [0.29, 0.717) is 25.3 Å². The van der Waals surface area contributed by atoms with E-state index in [1.54, 1.807) is 6.26 Å². The second kappa shape index (κ2) is 10.4. The van der Waals surface area contributed by atoms with Gasteiger partial charge in [-0.15, -0.1) is 5.10 Å². The lowest BCUT2D eigenvalue weighted by molar-refractivity contribution is 0.138. The van der Waals surface area contributed by atoms with Crippen molar-refractivity contribution >= 4 is 10.9 Å². The quantitative estimate of drug-likeness (QED) is 0.349. The predicted molar refractivity (Wildman–Crippen MR) is 134 cm³/mol. The van der Waals surface area contributed by atoms with Crippen LogP contribution in [0.25, 0.3) is 10.9 Å². The number of hydrogen-bond donors (Lipinski definition) is 1. The Morgan fingerprint density at radius 1 is 1.17 bits per heavy atom. The molecule has 0 aliphatic rings. The summed E-state index contributed by atoms with van der Waals surface area (Å²) < 4.78 is 13.2. The van der Waals surface area contributed by atoms with Crippen LogP contribution in [0.5, 0.6) is 5.75 Å². The molecular formula is C26H34N6O3. The Hall–Kier alpha value is -3.46. The van der Waals surface area contributed by atoms with E-state index in [0.717, 1.165) is 41.1 Å². The van der Waals surface area contributed by atoms with Crippen molar-refractivity contribution in [1.82, 2.24) is 30.1 Å². The molecule has 0 aliphatic heterocycles. The SMILES string of the molecule is CCCC(c1nnnn1C(C)(C)C)N(Cc1ccco1)Cc1cc2cc(OCC)ccc2[nH]c1=O. The molecule has 0 radical (unpaired) electrons. The van der Waals surface area contributed by atoms with Crippen molar-refractivity contribution < 1.29 is 9.15 Å². The molecule has 9 heteroatoms. The average molecular weight is 479 g/mol. The minimum absolute atomic E-state index is 0.107. The number of nitrogens with zero attached hydrogens (tertiary/aromatic N) is 5. The summed E-state index contributed by atoms with van der Waals surface area (Å²) in [5, 5.41) is 13.6. The highest BCUT2D eigenvalue weighted by Gasteiger charge is 2.30. The molecular weight excluding hydrogens is 444 g/mol. The van der Waals surface area contributed by atoms with E-state index >= 15 is 0 Å². The number of rotatable bonds is 10. The number of fused-ring (bicyclic) bond motifs is 1. The van der Waals surface area contributed by atoms with Crippen LogP contribution in [0, 0.1) is 0 Å². The second-order valence-electron chi connectivity index (χ2n) is 9.71. The molecule has 3 heterocycles. The number of hydrogen-bond acceptors (Lipinski definition) is 7. The fraction of sp³-hybridized carbons (Fsp3) is 0.462. The zero-order valence-corrected chi connectivity index (χ0v) is 21.1. The summed E-state index contributed by atoms with van der Waals surface area (Å²) in [6.07, 6.45) is 3.43. The first-order valence-corrected chi connectivity index (χ1v) is 12.1. The Bertz CT molecular complexity index is 1300. The highest BCUT2D eigenvalue weighted by Crippen LogP contribution is 2.30. The van der Waals surface area contributed by atoms with Crippen LogP contribution in [0.3, 0.4) is 0 Å². The lowest BCUT2D eigenvalue weighted by atomic mass is 10.0. The van der Waals surface area contributed by atoms with Crippen molar-refractivity contribution in [2.24, 2.45) is 0 Å². The molecule has 1 aromatic carbocycles. The highest BCUT2D eigenvalue weighted by atomic mass is 16.5. The van der Waals surface area contributed by atoms with E-state index in [9.17, 15) is 4.79 Å². The van der Waals surface area contributed by atoms with Gasteiger partial charge >= 0.3 is 0 Å². The fourth-order valence-corrected chi connectivity index (χ4v) is 4.33. The molecule has 0 fully saturated rings. The fourth-order valence-electron chi connectivity index (χ4n) is 4.33. The largest absolute Gasteiger partial charge is 0.494 e. The van der Waals surface area contributed by atoms with Crippen LogP contribution in [0.15, 0.2) is 51.9 Å². The number of tetrazole rings is 1. The molecule has 0 aliphatic carbocycles. The Morgan fingerprint density at radius 3 is 2.69 bits per heavy atom. The summed E-state index contributed by atoms with van der Waals surface area (Å²) in [4.78, 5) is 18.3. The van der Waals surface area contributed by atoms with Gasteiger partial charge in [0.1, 0.15) is 11.5 Å². The molecule has 1 N–H and O–H groups in total. The minimum atomic E-state index is -0.280. The number of H-pyrrole nitrogens is 1. The number of pyridine rings is 1. The maximum atomic E-state index is 13.1. The third-order valence-corrected chi connectivity index (χ3v) is 5.95.